The maximum Gasteiger partial charge on any atom is 0.389 e. The molecule has 1 atom stereocenters. The van der Waals surface area contributed by atoms with Crippen LogP contribution in [0.1, 0.15) is 55.7 Å². The van der Waals surface area contributed by atoms with E-state index < -0.39 is 35.1 Å². The van der Waals surface area contributed by atoms with Gasteiger partial charge in [0.2, 0.25) is 10.0 Å². The predicted octanol–water partition coefficient (Wildman–Crippen LogP) is 4.80. The summed E-state index contributed by atoms with van der Waals surface area (Å²) in [5, 5.41) is 6.77. The van der Waals surface area contributed by atoms with Crippen molar-refractivity contribution in [1.29, 1.82) is 0 Å². The Balaban J connectivity index is 2.28. The lowest BCUT2D eigenvalue weighted by atomic mass is 10.0. The van der Waals surface area contributed by atoms with Gasteiger partial charge in [0.1, 0.15) is 5.75 Å². The van der Waals surface area contributed by atoms with Crippen LogP contribution in [0.2, 0.25) is 5.02 Å². The Morgan fingerprint density at radius 2 is 1.95 bits per heavy atom. The van der Waals surface area contributed by atoms with Gasteiger partial charge in [-0.05, 0) is 32.1 Å². The molecular formula is C23H31ClF5N5O4S. The summed E-state index contributed by atoms with van der Waals surface area (Å²) >= 11 is 6.49. The Kier molecular flexibility index (Phi) is 11.9. The summed E-state index contributed by atoms with van der Waals surface area (Å²) in [4.78, 5) is 17.0. The molecule has 0 unspecified atom stereocenters. The molecule has 1 amide bonds. The Bertz CT molecular complexity index is 1220. The highest BCUT2D eigenvalue weighted by molar-refractivity contribution is 7.88. The number of pyridine rings is 1. The van der Waals surface area contributed by atoms with Crippen LogP contribution in [-0.2, 0) is 23.0 Å². The third kappa shape index (κ3) is 10.5. The van der Waals surface area contributed by atoms with Crippen LogP contribution in [0.5, 0.6) is 5.75 Å². The van der Waals surface area contributed by atoms with E-state index in [1.54, 1.807) is 6.92 Å². The average Bonchev–Trinajstić information content (AvgIpc) is 3.15. The number of ether oxygens (including phenoxy) is 1. The lowest BCUT2D eigenvalue weighted by Crippen LogP contribution is -2.32. The molecule has 2 heterocycles. The summed E-state index contributed by atoms with van der Waals surface area (Å²) in [7, 11) is -3.34. The quantitative estimate of drug-likeness (QED) is 0.283. The molecule has 0 aliphatic rings. The first-order chi connectivity index (χ1) is 18.1. The molecule has 0 saturated heterocycles. The van der Waals surface area contributed by atoms with Crippen LogP contribution in [0.3, 0.4) is 0 Å². The Morgan fingerprint density at radius 3 is 2.51 bits per heavy atom. The largest absolute Gasteiger partial charge is 0.434 e. The third-order valence-corrected chi connectivity index (χ3v) is 6.83. The van der Waals surface area contributed by atoms with Crippen molar-refractivity contribution < 1.29 is 39.9 Å². The van der Waals surface area contributed by atoms with Crippen LogP contribution in [0.25, 0.3) is 11.3 Å². The number of nitrogens with zero attached hydrogens (tertiary/aromatic N) is 3. The number of nitrogens with one attached hydrogen (secondary N) is 2. The van der Waals surface area contributed by atoms with Gasteiger partial charge in [-0.3, -0.25) is 14.5 Å². The molecule has 0 saturated carbocycles. The second-order valence-electron chi connectivity index (χ2n) is 8.79. The van der Waals surface area contributed by atoms with Gasteiger partial charge in [0, 0.05) is 44.0 Å². The highest BCUT2D eigenvalue weighted by Crippen LogP contribution is 2.38. The molecule has 0 aliphatic carbocycles. The Morgan fingerprint density at radius 1 is 1.26 bits per heavy atom. The minimum absolute atomic E-state index is 0.00782. The maximum atomic E-state index is 13.2. The van der Waals surface area contributed by atoms with Crippen LogP contribution >= 0.6 is 11.6 Å². The number of halogens is 6. The van der Waals surface area contributed by atoms with Gasteiger partial charge < -0.3 is 10.1 Å². The SMILES string of the molecule is CC[C@H](CCNS(C)(=O)=O)CNC(=O)c1nn(CC)c(-c2cnc(CCCC(F)(F)F)cc2OC(F)F)c1Cl. The number of aryl methyl sites for hydroxylation is 2. The normalized spacial score (nSPS) is 13.1. The fourth-order valence-electron chi connectivity index (χ4n) is 3.75. The van der Waals surface area contributed by atoms with E-state index in [1.807, 2.05) is 6.92 Å². The molecular weight excluding hydrogens is 573 g/mol. The van der Waals surface area contributed by atoms with Crippen LogP contribution < -0.4 is 14.8 Å². The Hall–Kier alpha value is -2.52. The molecule has 39 heavy (non-hydrogen) atoms. The maximum absolute atomic E-state index is 13.2. The van der Waals surface area contributed by atoms with E-state index in [0.29, 0.717) is 12.8 Å². The summed E-state index contributed by atoms with van der Waals surface area (Å²) in [6, 6.07) is 1.12. The van der Waals surface area contributed by atoms with Gasteiger partial charge in [-0.15, -0.1) is 0 Å². The van der Waals surface area contributed by atoms with Gasteiger partial charge in [0.15, 0.2) is 5.69 Å². The highest BCUT2D eigenvalue weighted by Gasteiger charge is 2.28. The van der Waals surface area contributed by atoms with Gasteiger partial charge in [0.05, 0.1) is 22.5 Å². The standard InChI is InChI=1S/C23H31ClF5N5O4S/c1-4-14(8-10-32-39(3,36)37)12-31-21(35)19-18(24)20(34(5-2)33-19)16-13-30-15(7-6-9-23(27,28)29)11-17(16)38-22(25)26/h11,13-14,22,32H,4-10,12H2,1-3H3,(H,31,35)/t14-/m1/s1. The number of carbonyl (C=O) groups is 1. The molecule has 9 nitrogen and oxygen atoms in total. The molecule has 0 aromatic carbocycles. The van der Waals surface area contributed by atoms with E-state index in [2.05, 4.69) is 24.9 Å². The van der Waals surface area contributed by atoms with Crippen LogP contribution in [0.15, 0.2) is 12.3 Å². The molecule has 0 radical (unpaired) electrons. The summed E-state index contributed by atoms with van der Waals surface area (Å²) < 4.78 is 94.6. The van der Waals surface area contributed by atoms with Crippen LogP contribution in [-0.4, -0.2) is 61.2 Å². The van der Waals surface area contributed by atoms with Crippen LogP contribution in [0.4, 0.5) is 22.0 Å². The summed E-state index contributed by atoms with van der Waals surface area (Å²) in [5.41, 5.74) is 0.0198. The topological polar surface area (TPSA) is 115 Å². The lowest BCUT2D eigenvalue weighted by Gasteiger charge is -2.15. The van der Waals surface area contributed by atoms with Crippen molar-refractivity contribution in [3.63, 3.8) is 0 Å². The predicted molar refractivity (Wildman–Crippen MR) is 135 cm³/mol. The number of alkyl halides is 5. The fraction of sp³-hybridized carbons (Fsp3) is 0.609. The Labute approximate surface area is 228 Å². The van der Waals surface area contributed by atoms with E-state index in [1.165, 1.54) is 4.68 Å². The van der Waals surface area contributed by atoms with Crippen LogP contribution in [0, 0.1) is 5.92 Å². The third-order valence-electron chi connectivity index (χ3n) is 5.74. The van der Waals surface area contributed by atoms with Gasteiger partial charge in [0.25, 0.3) is 5.91 Å². The molecule has 2 rings (SSSR count). The average molecular weight is 604 g/mol. The zero-order chi connectivity index (χ0) is 29.4. The first-order valence-corrected chi connectivity index (χ1v) is 14.4. The molecule has 16 heteroatoms. The van der Waals surface area contributed by atoms with Gasteiger partial charge >= 0.3 is 12.8 Å². The first kappa shape index (κ1) is 32.7. The number of aromatic nitrogens is 3. The van der Waals surface area contributed by atoms with Crippen molar-refractivity contribution in [2.24, 2.45) is 5.92 Å². The smallest absolute Gasteiger partial charge is 0.389 e. The van der Waals surface area contributed by atoms with E-state index in [4.69, 9.17) is 11.6 Å². The molecule has 0 fully saturated rings. The van der Waals surface area contributed by atoms with Gasteiger partial charge in [-0.25, -0.2) is 13.1 Å². The molecule has 2 N–H and O–H groups in total. The number of hydrogen-bond acceptors (Lipinski definition) is 6. The van der Waals surface area contributed by atoms with E-state index >= 15 is 0 Å². The number of rotatable bonds is 15. The van der Waals surface area contributed by atoms with Crippen molar-refractivity contribution in [3.8, 4) is 17.0 Å². The molecule has 2 aromatic heterocycles. The molecule has 0 bridgehead atoms. The zero-order valence-electron chi connectivity index (χ0n) is 21.6. The second kappa shape index (κ2) is 14.2. The van der Waals surface area contributed by atoms with Crippen molar-refractivity contribution in [1.82, 2.24) is 24.8 Å². The molecule has 2 aromatic rings. The molecule has 0 aliphatic heterocycles. The number of amides is 1. The van der Waals surface area contributed by atoms with Crippen molar-refractivity contribution in [2.45, 2.75) is 65.3 Å². The second-order valence-corrected chi connectivity index (χ2v) is 11.0. The first-order valence-electron chi connectivity index (χ1n) is 12.1. The van der Waals surface area contributed by atoms with Gasteiger partial charge in [-0.1, -0.05) is 24.9 Å². The van der Waals surface area contributed by atoms with E-state index in [0.717, 1.165) is 18.5 Å². The van der Waals surface area contributed by atoms with E-state index in [9.17, 15) is 35.2 Å². The fourth-order valence-corrected chi connectivity index (χ4v) is 4.56. The summed E-state index contributed by atoms with van der Waals surface area (Å²) in [6.45, 7) is 0.936. The molecule has 220 valence electrons. The van der Waals surface area contributed by atoms with Crippen molar-refractivity contribution >= 4 is 27.5 Å². The number of hydrogen-bond donors (Lipinski definition) is 2. The summed E-state index contributed by atoms with van der Waals surface area (Å²) in [5.74, 6) is -1.04. The minimum Gasteiger partial charge on any atom is -0.434 e. The van der Waals surface area contributed by atoms with Crippen molar-refractivity contribution in [2.75, 3.05) is 19.3 Å². The number of carbonyl (C=O) groups excluding carboxylic acids is 1. The van der Waals surface area contributed by atoms with Crippen molar-refractivity contribution in [3.05, 3.63) is 28.7 Å². The monoisotopic (exact) mass is 603 g/mol. The lowest BCUT2D eigenvalue weighted by molar-refractivity contribution is -0.135. The number of sulfonamides is 1. The van der Waals surface area contributed by atoms with E-state index in [-0.39, 0.29) is 71.8 Å². The highest BCUT2D eigenvalue weighted by atomic mass is 35.5. The zero-order valence-corrected chi connectivity index (χ0v) is 23.2. The minimum atomic E-state index is -4.36. The summed E-state index contributed by atoms with van der Waals surface area (Å²) in [6.07, 6.45) is -2.48. The van der Waals surface area contributed by atoms with Gasteiger partial charge in [-0.2, -0.15) is 27.1 Å². The molecule has 0 spiro atoms.